The summed E-state index contributed by atoms with van der Waals surface area (Å²) in [5.74, 6) is 0.631. The van der Waals surface area contributed by atoms with E-state index >= 15 is 0 Å². The van der Waals surface area contributed by atoms with Crippen molar-refractivity contribution in [2.45, 2.75) is 25.4 Å². The molecule has 1 aliphatic rings. The van der Waals surface area contributed by atoms with Gasteiger partial charge in [-0.2, -0.15) is 5.10 Å². The molecule has 16 heavy (non-hydrogen) atoms. The van der Waals surface area contributed by atoms with Crippen LogP contribution in [0.1, 0.15) is 18.5 Å². The standard InChI is InChI=1S/C10H17N3O2S/c1-13-10(2-5-12-13)8-11-9-3-6-16(14,15)7-4-9/h2,5,9,11H,3-4,6-8H2,1H3. The SMILES string of the molecule is Cn1nccc1CNC1CCS(=O)(=O)CC1. The van der Waals surface area contributed by atoms with E-state index in [4.69, 9.17) is 0 Å². The summed E-state index contributed by atoms with van der Waals surface area (Å²) < 4.78 is 24.3. The second-order valence-electron chi connectivity index (χ2n) is 4.25. The summed E-state index contributed by atoms with van der Waals surface area (Å²) in [5, 5.41) is 7.46. The average molecular weight is 243 g/mol. The Morgan fingerprint density at radius 1 is 1.50 bits per heavy atom. The molecule has 2 rings (SSSR count). The molecule has 1 aromatic rings. The summed E-state index contributed by atoms with van der Waals surface area (Å²) >= 11 is 0. The summed E-state index contributed by atoms with van der Waals surface area (Å²) in [6, 6.07) is 2.28. The molecule has 1 saturated heterocycles. The molecule has 0 aromatic carbocycles. The first-order chi connectivity index (χ1) is 7.57. The number of hydrogen-bond acceptors (Lipinski definition) is 4. The lowest BCUT2D eigenvalue weighted by atomic mass is 10.1. The fraction of sp³-hybridized carbons (Fsp3) is 0.700. The van der Waals surface area contributed by atoms with Crippen molar-refractivity contribution in [3.05, 3.63) is 18.0 Å². The third-order valence-electron chi connectivity index (χ3n) is 3.05. The van der Waals surface area contributed by atoms with Crippen LogP contribution in [0.2, 0.25) is 0 Å². The topological polar surface area (TPSA) is 64.0 Å². The lowest BCUT2D eigenvalue weighted by Crippen LogP contribution is -2.37. The van der Waals surface area contributed by atoms with Gasteiger partial charge in [-0.25, -0.2) is 8.42 Å². The van der Waals surface area contributed by atoms with Crippen molar-refractivity contribution in [3.63, 3.8) is 0 Å². The Kier molecular flexibility index (Phi) is 3.30. The van der Waals surface area contributed by atoms with Crippen LogP contribution >= 0.6 is 0 Å². The normalized spacial score (nSPS) is 21.1. The van der Waals surface area contributed by atoms with E-state index in [2.05, 4.69) is 10.4 Å². The number of hydrogen-bond donors (Lipinski definition) is 1. The van der Waals surface area contributed by atoms with Crippen molar-refractivity contribution >= 4 is 9.84 Å². The van der Waals surface area contributed by atoms with Crippen molar-refractivity contribution in [2.24, 2.45) is 7.05 Å². The van der Waals surface area contributed by atoms with E-state index in [0.29, 0.717) is 17.5 Å². The monoisotopic (exact) mass is 243 g/mol. The molecule has 0 unspecified atom stereocenters. The molecule has 0 saturated carbocycles. The number of rotatable bonds is 3. The largest absolute Gasteiger partial charge is 0.308 e. The first kappa shape index (κ1) is 11.6. The van der Waals surface area contributed by atoms with E-state index in [-0.39, 0.29) is 0 Å². The molecule has 0 amide bonds. The van der Waals surface area contributed by atoms with Gasteiger partial charge in [-0.1, -0.05) is 0 Å². The Labute approximate surface area is 95.8 Å². The third kappa shape index (κ3) is 2.82. The van der Waals surface area contributed by atoms with Crippen LogP contribution in [0.4, 0.5) is 0 Å². The molecular weight excluding hydrogens is 226 g/mol. The van der Waals surface area contributed by atoms with Crippen LogP contribution in [0.25, 0.3) is 0 Å². The number of sulfone groups is 1. The number of aromatic nitrogens is 2. The van der Waals surface area contributed by atoms with Crippen molar-refractivity contribution in [1.82, 2.24) is 15.1 Å². The van der Waals surface area contributed by atoms with Gasteiger partial charge >= 0.3 is 0 Å². The molecule has 2 heterocycles. The highest BCUT2D eigenvalue weighted by molar-refractivity contribution is 7.91. The zero-order chi connectivity index (χ0) is 11.6. The van der Waals surface area contributed by atoms with Crippen LogP contribution in [0.5, 0.6) is 0 Å². The average Bonchev–Trinajstić information content (AvgIpc) is 2.63. The molecule has 1 N–H and O–H groups in total. The first-order valence-corrected chi connectivity index (χ1v) is 7.30. The lowest BCUT2D eigenvalue weighted by molar-refractivity contribution is 0.454. The van der Waals surface area contributed by atoms with Crippen LogP contribution in [0, 0.1) is 0 Å². The van der Waals surface area contributed by atoms with Crippen LogP contribution in [-0.4, -0.2) is 35.7 Å². The maximum atomic E-state index is 11.2. The van der Waals surface area contributed by atoms with Gasteiger partial charge in [0.05, 0.1) is 17.2 Å². The number of nitrogens with one attached hydrogen (secondary N) is 1. The van der Waals surface area contributed by atoms with Gasteiger partial charge in [-0.15, -0.1) is 0 Å². The Morgan fingerprint density at radius 2 is 2.19 bits per heavy atom. The summed E-state index contributed by atoms with van der Waals surface area (Å²) in [7, 11) is -0.848. The molecule has 6 heteroatoms. The predicted molar refractivity (Wildman–Crippen MR) is 61.7 cm³/mol. The minimum absolute atomic E-state index is 0.316. The molecule has 5 nitrogen and oxygen atoms in total. The fourth-order valence-corrected chi connectivity index (χ4v) is 3.41. The minimum atomic E-state index is -2.75. The van der Waals surface area contributed by atoms with Gasteiger partial charge in [-0.3, -0.25) is 4.68 Å². The molecule has 0 atom stereocenters. The summed E-state index contributed by atoms with van der Waals surface area (Å²) in [6.07, 6.45) is 3.21. The van der Waals surface area contributed by atoms with E-state index in [1.807, 2.05) is 17.8 Å². The molecule has 1 fully saturated rings. The van der Waals surface area contributed by atoms with E-state index in [9.17, 15) is 8.42 Å². The van der Waals surface area contributed by atoms with Crippen molar-refractivity contribution in [2.75, 3.05) is 11.5 Å². The molecule has 0 radical (unpaired) electrons. The highest BCUT2D eigenvalue weighted by Gasteiger charge is 2.23. The van der Waals surface area contributed by atoms with Crippen LogP contribution in [0.15, 0.2) is 12.3 Å². The molecule has 0 aliphatic carbocycles. The molecule has 1 aromatic heterocycles. The van der Waals surface area contributed by atoms with Crippen LogP contribution in [-0.2, 0) is 23.4 Å². The smallest absolute Gasteiger partial charge is 0.150 e. The Bertz CT molecular complexity index is 438. The fourth-order valence-electron chi connectivity index (χ4n) is 1.92. The highest BCUT2D eigenvalue weighted by atomic mass is 32.2. The van der Waals surface area contributed by atoms with Gasteiger partial charge in [0.15, 0.2) is 0 Å². The number of nitrogens with zero attached hydrogens (tertiary/aromatic N) is 2. The van der Waals surface area contributed by atoms with Crippen molar-refractivity contribution in [1.29, 1.82) is 0 Å². The minimum Gasteiger partial charge on any atom is -0.308 e. The molecule has 0 spiro atoms. The zero-order valence-corrected chi connectivity index (χ0v) is 10.2. The quantitative estimate of drug-likeness (QED) is 0.817. The molecule has 0 bridgehead atoms. The van der Waals surface area contributed by atoms with E-state index in [0.717, 1.165) is 25.1 Å². The molecule has 90 valence electrons. The Hall–Kier alpha value is -0.880. The van der Waals surface area contributed by atoms with Gasteiger partial charge < -0.3 is 5.32 Å². The maximum absolute atomic E-state index is 11.2. The second-order valence-corrected chi connectivity index (χ2v) is 6.56. The van der Waals surface area contributed by atoms with E-state index in [1.54, 1.807) is 6.20 Å². The van der Waals surface area contributed by atoms with Crippen molar-refractivity contribution in [3.8, 4) is 0 Å². The molecule has 1 aliphatic heterocycles. The maximum Gasteiger partial charge on any atom is 0.150 e. The van der Waals surface area contributed by atoms with Gasteiger partial charge in [0, 0.05) is 25.8 Å². The van der Waals surface area contributed by atoms with Gasteiger partial charge in [-0.05, 0) is 18.9 Å². The van der Waals surface area contributed by atoms with Gasteiger partial charge in [0.1, 0.15) is 9.84 Å². The van der Waals surface area contributed by atoms with Crippen LogP contribution < -0.4 is 5.32 Å². The van der Waals surface area contributed by atoms with Crippen molar-refractivity contribution < 1.29 is 8.42 Å². The lowest BCUT2D eigenvalue weighted by Gasteiger charge is -2.23. The zero-order valence-electron chi connectivity index (χ0n) is 9.39. The summed E-state index contributed by atoms with van der Waals surface area (Å²) in [5.41, 5.74) is 1.12. The van der Waals surface area contributed by atoms with Gasteiger partial charge in [0.25, 0.3) is 0 Å². The Balaban J connectivity index is 1.82. The summed E-state index contributed by atoms with van der Waals surface area (Å²) in [6.45, 7) is 0.751. The van der Waals surface area contributed by atoms with Gasteiger partial charge in [0.2, 0.25) is 0 Å². The van der Waals surface area contributed by atoms with E-state index in [1.165, 1.54) is 0 Å². The predicted octanol–water partition coefficient (Wildman–Crippen LogP) is 0.0869. The number of aryl methyl sites for hydroxylation is 1. The highest BCUT2D eigenvalue weighted by Crippen LogP contribution is 2.12. The molecular formula is C10H17N3O2S. The third-order valence-corrected chi connectivity index (χ3v) is 4.76. The van der Waals surface area contributed by atoms with E-state index < -0.39 is 9.84 Å². The van der Waals surface area contributed by atoms with Crippen LogP contribution in [0.3, 0.4) is 0 Å². The first-order valence-electron chi connectivity index (χ1n) is 5.47. The summed E-state index contributed by atoms with van der Waals surface area (Å²) in [4.78, 5) is 0. The Morgan fingerprint density at radius 3 is 2.75 bits per heavy atom. The second kappa shape index (κ2) is 4.55.